The van der Waals surface area contributed by atoms with Crippen molar-refractivity contribution in [2.45, 2.75) is 40.2 Å². The Morgan fingerprint density at radius 2 is 2.00 bits per heavy atom. The molecule has 1 aromatic carbocycles. The number of hydrogen-bond acceptors (Lipinski definition) is 2. The van der Waals surface area contributed by atoms with Crippen molar-refractivity contribution in [2.24, 2.45) is 11.8 Å². The lowest BCUT2D eigenvalue weighted by Crippen LogP contribution is -2.37. The Kier molecular flexibility index (Phi) is 6.19. The zero-order valence-electron chi connectivity index (χ0n) is 13.7. The van der Waals surface area contributed by atoms with Crippen LogP contribution in [-0.2, 0) is 6.54 Å². The van der Waals surface area contributed by atoms with Gasteiger partial charge in [-0.05, 0) is 81.0 Å². The molecule has 1 fully saturated rings. The Morgan fingerprint density at radius 1 is 1.29 bits per heavy atom. The van der Waals surface area contributed by atoms with Crippen molar-refractivity contribution < 1.29 is 4.39 Å². The molecule has 3 heteroatoms. The van der Waals surface area contributed by atoms with E-state index in [1.165, 1.54) is 18.4 Å². The Labute approximate surface area is 128 Å². The van der Waals surface area contributed by atoms with Gasteiger partial charge in [-0.2, -0.15) is 0 Å². The van der Waals surface area contributed by atoms with Crippen molar-refractivity contribution in [3.8, 4) is 0 Å². The molecule has 1 aliphatic heterocycles. The summed E-state index contributed by atoms with van der Waals surface area (Å²) < 4.78 is 13.1. The fourth-order valence-electron chi connectivity index (χ4n) is 3.00. The molecule has 2 rings (SSSR count). The largest absolute Gasteiger partial charge is 0.316 e. The summed E-state index contributed by atoms with van der Waals surface area (Å²) in [7, 11) is 0. The van der Waals surface area contributed by atoms with Crippen LogP contribution in [0.1, 0.15) is 37.8 Å². The van der Waals surface area contributed by atoms with Crippen LogP contribution in [0.4, 0.5) is 4.39 Å². The van der Waals surface area contributed by atoms with E-state index < -0.39 is 0 Å². The standard InChI is InChI=1S/C18H29FN2/c1-14(2)11-20-12-16-6-8-21(9-7-16)13-17-4-5-18(19)10-15(17)3/h4-5,10,14,16,20H,6-9,11-13H2,1-3H3. The highest BCUT2D eigenvalue weighted by atomic mass is 19.1. The fourth-order valence-corrected chi connectivity index (χ4v) is 3.00. The van der Waals surface area contributed by atoms with Crippen molar-refractivity contribution in [2.75, 3.05) is 26.2 Å². The molecular weight excluding hydrogens is 263 g/mol. The summed E-state index contributed by atoms with van der Waals surface area (Å²) in [6.45, 7) is 12.0. The first-order chi connectivity index (χ1) is 10.0. The molecule has 0 amide bonds. The number of aryl methyl sites for hydroxylation is 1. The maximum absolute atomic E-state index is 13.1. The number of nitrogens with one attached hydrogen (secondary N) is 1. The number of halogens is 1. The quantitative estimate of drug-likeness (QED) is 0.862. The molecule has 0 unspecified atom stereocenters. The summed E-state index contributed by atoms with van der Waals surface area (Å²) in [6, 6.07) is 5.14. The number of rotatable bonds is 6. The second-order valence-corrected chi connectivity index (χ2v) is 6.84. The summed E-state index contributed by atoms with van der Waals surface area (Å²) >= 11 is 0. The molecule has 1 aromatic rings. The second-order valence-electron chi connectivity index (χ2n) is 6.84. The van der Waals surface area contributed by atoms with Gasteiger partial charge >= 0.3 is 0 Å². The van der Waals surface area contributed by atoms with Gasteiger partial charge in [0.05, 0.1) is 0 Å². The van der Waals surface area contributed by atoms with Gasteiger partial charge in [-0.1, -0.05) is 19.9 Å². The van der Waals surface area contributed by atoms with Gasteiger partial charge in [0.2, 0.25) is 0 Å². The minimum atomic E-state index is -0.133. The van der Waals surface area contributed by atoms with Gasteiger partial charge < -0.3 is 5.32 Å². The third-order valence-electron chi connectivity index (χ3n) is 4.39. The second kappa shape index (κ2) is 7.90. The summed E-state index contributed by atoms with van der Waals surface area (Å²) in [5.41, 5.74) is 2.32. The smallest absolute Gasteiger partial charge is 0.123 e. The third kappa shape index (κ3) is 5.40. The van der Waals surface area contributed by atoms with Crippen molar-refractivity contribution in [3.05, 3.63) is 35.1 Å². The predicted molar refractivity (Wildman–Crippen MR) is 86.8 cm³/mol. The average molecular weight is 292 g/mol. The number of likely N-dealkylation sites (tertiary alicyclic amines) is 1. The lowest BCUT2D eigenvalue weighted by molar-refractivity contribution is 0.174. The van der Waals surface area contributed by atoms with Crippen LogP contribution >= 0.6 is 0 Å². The molecule has 118 valence electrons. The summed E-state index contributed by atoms with van der Waals surface area (Å²) in [4.78, 5) is 2.50. The van der Waals surface area contributed by atoms with E-state index in [0.29, 0.717) is 0 Å². The average Bonchev–Trinajstić information content (AvgIpc) is 2.43. The lowest BCUT2D eigenvalue weighted by Gasteiger charge is -2.32. The van der Waals surface area contributed by atoms with Gasteiger partial charge in [-0.25, -0.2) is 4.39 Å². The molecule has 21 heavy (non-hydrogen) atoms. The van der Waals surface area contributed by atoms with Gasteiger partial charge in [0.1, 0.15) is 5.82 Å². The first-order valence-corrected chi connectivity index (χ1v) is 8.22. The number of hydrogen-bond donors (Lipinski definition) is 1. The van der Waals surface area contributed by atoms with Crippen LogP contribution in [0.2, 0.25) is 0 Å². The first-order valence-electron chi connectivity index (χ1n) is 8.22. The van der Waals surface area contributed by atoms with Gasteiger partial charge in [0.25, 0.3) is 0 Å². The Morgan fingerprint density at radius 3 is 2.62 bits per heavy atom. The van der Waals surface area contributed by atoms with E-state index in [9.17, 15) is 4.39 Å². The molecule has 0 aliphatic carbocycles. The monoisotopic (exact) mass is 292 g/mol. The van der Waals surface area contributed by atoms with Crippen LogP contribution < -0.4 is 5.32 Å². The van der Waals surface area contributed by atoms with E-state index in [4.69, 9.17) is 0 Å². The highest BCUT2D eigenvalue weighted by Gasteiger charge is 2.19. The molecule has 0 aromatic heterocycles. The fraction of sp³-hybridized carbons (Fsp3) is 0.667. The van der Waals surface area contributed by atoms with E-state index in [1.807, 2.05) is 13.0 Å². The van der Waals surface area contributed by atoms with E-state index in [1.54, 1.807) is 12.1 Å². The number of piperidine rings is 1. The first kappa shape index (κ1) is 16.4. The highest BCUT2D eigenvalue weighted by molar-refractivity contribution is 5.26. The highest BCUT2D eigenvalue weighted by Crippen LogP contribution is 2.20. The molecule has 0 radical (unpaired) electrons. The number of benzene rings is 1. The van der Waals surface area contributed by atoms with Crippen molar-refractivity contribution in [1.82, 2.24) is 10.2 Å². The van der Waals surface area contributed by atoms with Crippen LogP contribution in [0, 0.1) is 24.6 Å². The zero-order valence-corrected chi connectivity index (χ0v) is 13.7. The minimum Gasteiger partial charge on any atom is -0.316 e. The minimum absolute atomic E-state index is 0.133. The van der Waals surface area contributed by atoms with Crippen LogP contribution in [0.5, 0.6) is 0 Å². The zero-order chi connectivity index (χ0) is 15.2. The molecule has 0 bridgehead atoms. The van der Waals surface area contributed by atoms with Crippen LogP contribution in [0.3, 0.4) is 0 Å². The Balaban J connectivity index is 1.74. The molecule has 0 saturated carbocycles. The van der Waals surface area contributed by atoms with Gasteiger partial charge in [0.15, 0.2) is 0 Å². The normalized spacial score (nSPS) is 17.6. The van der Waals surface area contributed by atoms with Crippen LogP contribution in [0.25, 0.3) is 0 Å². The molecule has 2 nitrogen and oxygen atoms in total. The third-order valence-corrected chi connectivity index (χ3v) is 4.39. The summed E-state index contributed by atoms with van der Waals surface area (Å²) in [6.07, 6.45) is 2.54. The Hall–Kier alpha value is -0.930. The van der Waals surface area contributed by atoms with Crippen molar-refractivity contribution >= 4 is 0 Å². The van der Waals surface area contributed by atoms with E-state index in [-0.39, 0.29) is 5.82 Å². The van der Waals surface area contributed by atoms with Crippen LogP contribution in [0.15, 0.2) is 18.2 Å². The number of nitrogens with zero attached hydrogens (tertiary/aromatic N) is 1. The molecule has 0 spiro atoms. The molecule has 1 saturated heterocycles. The van der Waals surface area contributed by atoms with Crippen LogP contribution in [-0.4, -0.2) is 31.1 Å². The maximum atomic E-state index is 13.1. The lowest BCUT2D eigenvalue weighted by atomic mass is 9.96. The maximum Gasteiger partial charge on any atom is 0.123 e. The van der Waals surface area contributed by atoms with Crippen molar-refractivity contribution in [1.29, 1.82) is 0 Å². The summed E-state index contributed by atoms with van der Waals surface area (Å²) in [5.74, 6) is 1.41. The predicted octanol–water partition coefficient (Wildman–Crippen LogP) is 3.59. The molecular formula is C18H29FN2. The molecule has 1 N–H and O–H groups in total. The van der Waals surface area contributed by atoms with Gasteiger partial charge in [-0.3, -0.25) is 4.90 Å². The molecule has 1 heterocycles. The van der Waals surface area contributed by atoms with Gasteiger partial charge in [-0.15, -0.1) is 0 Å². The summed E-state index contributed by atoms with van der Waals surface area (Å²) in [5, 5.41) is 3.57. The van der Waals surface area contributed by atoms with E-state index in [2.05, 4.69) is 24.1 Å². The van der Waals surface area contributed by atoms with Crippen molar-refractivity contribution in [3.63, 3.8) is 0 Å². The molecule has 0 atom stereocenters. The Bertz CT molecular complexity index is 437. The van der Waals surface area contributed by atoms with Gasteiger partial charge in [0, 0.05) is 6.54 Å². The van der Waals surface area contributed by atoms with E-state index in [0.717, 1.165) is 50.1 Å². The molecule has 1 aliphatic rings. The SMILES string of the molecule is Cc1cc(F)ccc1CN1CCC(CNCC(C)C)CC1. The topological polar surface area (TPSA) is 15.3 Å². The van der Waals surface area contributed by atoms with E-state index >= 15 is 0 Å².